The van der Waals surface area contributed by atoms with Crippen LogP contribution in [0.15, 0.2) is 48.7 Å². The maximum absolute atomic E-state index is 13.1. The van der Waals surface area contributed by atoms with Gasteiger partial charge in [0.2, 0.25) is 5.91 Å². The van der Waals surface area contributed by atoms with Crippen molar-refractivity contribution in [3.05, 3.63) is 59.9 Å². The summed E-state index contributed by atoms with van der Waals surface area (Å²) in [5, 5.41) is 0. The summed E-state index contributed by atoms with van der Waals surface area (Å²) in [7, 11) is 0. The predicted molar refractivity (Wildman–Crippen MR) is 112 cm³/mol. The Kier molecular flexibility index (Phi) is 5.76. The zero-order chi connectivity index (χ0) is 21.1. The maximum Gasteiger partial charge on any atom is 0.267 e. The number of rotatable bonds is 4. The molecular formula is C22H25N5O3. The molecule has 2 fully saturated rings. The Balaban J connectivity index is 1.37. The van der Waals surface area contributed by atoms with Crippen LogP contribution in [0.1, 0.15) is 33.7 Å². The monoisotopic (exact) mass is 407 g/mol. The van der Waals surface area contributed by atoms with Gasteiger partial charge in [-0.15, -0.1) is 0 Å². The van der Waals surface area contributed by atoms with Gasteiger partial charge in [0.15, 0.2) is 0 Å². The summed E-state index contributed by atoms with van der Waals surface area (Å²) in [5.74, 6) is -0.609. The minimum atomic E-state index is -0.621. The Morgan fingerprint density at radius 3 is 2.33 bits per heavy atom. The smallest absolute Gasteiger partial charge is 0.267 e. The minimum Gasteiger partial charge on any atom is -0.364 e. The van der Waals surface area contributed by atoms with Gasteiger partial charge in [-0.1, -0.05) is 18.2 Å². The molecule has 3 amide bonds. The van der Waals surface area contributed by atoms with Gasteiger partial charge in [-0.3, -0.25) is 24.3 Å². The van der Waals surface area contributed by atoms with Gasteiger partial charge in [-0.2, -0.15) is 0 Å². The largest absolute Gasteiger partial charge is 0.364 e. The Labute approximate surface area is 175 Å². The zero-order valence-corrected chi connectivity index (χ0v) is 16.7. The fraction of sp³-hybridized carbons (Fsp3) is 0.364. The molecule has 2 aliphatic rings. The van der Waals surface area contributed by atoms with Crippen molar-refractivity contribution in [2.45, 2.75) is 18.9 Å². The average Bonchev–Trinajstić information content (AvgIpc) is 2.79. The lowest BCUT2D eigenvalue weighted by Crippen LogP contribution is -2.58. The van der Waals surface area contributed by atoms with Gasteiger partial charge >= 0.3 is 0 Å². The number of primary amides is 1. The third-order valence-corrected chi connectivity index (χ3v) is 5.78. The fourth-order valence-corrected chi connectivity index (χ4v) is 4.14. The third-order valence-electron chi connectivity index (χ3n) is 5.78. The summed E-state index contributed by atoms with van der Waals surface area (Å²) in [6.07, 6.45) is 3.19. The van der Waals surface area contributed by atoms with Crippen LogP contribution in [-0.4, -0.2) is 71.3 Å². The summed E-state index contributed by atoms with van der Waals surface area (Å²) in [6.45, 7) is 3.14. The number of piperazine rings is 1. The van der Waals surface area contributed by atoms with Crippen LogP contribution in [0.5, 0.6) is 0 Å². The number of aromatic nitrogens is 1. The van der Waals surface area contributed by atoms with E-state index in [1.165, 1.54) is 12.3 Å². The van der Waals surface area contributed by atoms with Gasteiger partial charge in [0, 0.05) is 44.6 Å². The number of benzene rings is 1. The number of hydrogen-bond acceptors (Lipinski definition) is 5. The highest BCUT2D eigenvalue weighted by Gasteiger charge is 2.36. The topological polar surface area (TPSA) is 99.8 Å². The SMILES string of the molecule is NC(=O)c1ccc(C(=O)N2CCN([C@H]3CCCN(c4ccccc4)C3=O)CC2)cn1. The number of piperidine rings is 1. The normalized spacial score (nSPS) is 20.3. The molecule has 0 aliphatic carbocycles. The summed E-state index contributed by atoms with van der Waals surface area (Å²) in [6, 6.07) is 12.7. The molecule has 0 radical (unpaired) electrons. The Morgan fingerprint density at radius 2 is 1.70 bits per heavy atom. The first-order chi connectivity index (χ1) is 14.5. The molecule has 1 aromatic carbocycles. The standard InChI is InChI=1S/C22H25N5O3/c23-20(28)18-9-8-16(15-24-18)21(29)26-13-11-25(12-14-26)19-7-4-10-27(22(19)30)17-5-2-1-3-6-17/h1-3,5-6,8-9,15,19H,4,7,10-14H2,(H2,23,28)/t19-/m0/s1. The number of hydrogen-bond donors (Lipinski definition) is 1. The second-order valence-electron chi connectivity index (χ2n) is 7.61. The molecule has 2 aromatic rings. The molecule has 0 bridgehead atoms. The summed E-state index contributed by atoms with van der Waals surface area (Å²) in [5.41, 5.74) is 6.69. The molecule has 1 aromatic heterocycles. The summed E-state index contributed by atoms with van der Waals surface area (Å²) >= 11 is 0. The molecule has 156 valence electrons. The highest BCUT2D eigenvalue weighted by Crippen LogP contribution is 2.24. The summed E-state index contributed by atoms with van der Waals surface area (Å²) < 4.78 is 0. The molecule has 30 heavy (non-hydrogen) atoms. The highest BCUT2D eigenvalue weighted by atomic mass is 16.2. The molecule has 8 nitrogen and oxygen atoms in total. The van der Waals surface area contributed by atoms with E-state index < -0.39 is 5.91 Å². The van der Waals surface area contributed by atoms with Gasteiger partial charge in [0.05, 0.1) is 11.6 Å². The van der Waals surface area contributed by atoms with E-state index in [9.17, 15) is 14.4 Å². The maximum atomic E-state index is 13.1. The zero-order valence-electron chi connectivity index (χ0n) is 16.7. The lowest BCUT2D eigenvalue weighted by Gasteiger charge is -2.42. The molecule has 3 heterocycles. The van der Waals surface area contributed by atoms with Crippen LogP contribution in [0.4, 0.5) is 5.69 Å². The molecule has 0 spiro atoms. The Bertz CT molecular complexity index is 924. The summed E-state index contributed by atoms with van der Waals surface area (Å²) in [4.78, 5) is 46.8. The number of nitrogens with zero attached hydrogens (tertiary/aromatic N) is 4. The van der Waals surface area contributed by atoms with Crippen LogP contribution >= 0.6 is 0 Å². The van der Waals surface area contributed by atoms with Crippen LogP contribution in [-0.2, 0) is 4.79 Å². The first-order valence-corrected chi connectivity index (χ1v) is 10.2. The van der Waals surface area contributed by atoms with E-state index in [1.54, 1.807) is 11.0 Å². The van der Waals surface area contributed by atoms with E-state index >= 15 is 0 Å². The number of anilines is 1. The van der Waals surface area contributed by atoms with Crippen molar-refractivity contribution in [1.82, 2.24) is 14.8 Å². The number of carbonyl (C=O) groups excluding carboxylic acids is 3. The minimum absolute atomic E-state index is 0.126. The van der Waals surface area contributed by atoms with Crippen molar-refractivity contribution in [1.29, 1.82) is 0 Å². The number of amides is 3. The molecule has 2 N–H and O–H groups in total. The lowest BCUT2D eigenvalue weighted by atomic mass is 10.0. The third kappa shape index (κ3) is 4.04. The van der Waals surface area contributed by atoms with E-state index in [-0.39, 0.29) is 23.6 Å². The van der Waals surface area contributed by atoms with Crippen molar-refractivity contribution in [2.24, 2.45) is 5.73 Å². The van der Waals surface area contributed by atoms with Crippen LogP contribution in [0.3, 0.4) is 0 Å². The molecule has 0 unspecified atom stereocenters. The van der Waals surface area contributed by atoms with Crippen molar-refractivity contribution in [3.63, 3.8) is 0 Å². The van der Waals surface area contributed by atoms with Gasteiger partial charge in [0.1, 0.15) is 5.69 Å². The molecule has 4 rings (SSSR count). The second kappa shape index (κ2) is 8.62. The molecule has 0 saturated carbocycles. The fourth-order valence-electron chi connectivity index (χ4n) is 4.14. The first-order valence-electron chi connectivity index (χ1n) is 10.2. The number of nitrogens with two attached hydrogens (primary N) is 1. The van der Waals surface area contributed by atoms with Crippen molar-refractivity contribution in [3.8, 4) is 0 Å². The Morgan fingerprint density at radius 1 is 0.967 bits per heavy atom. The second-order valence-corrected chi connectivity index (χ2v) is 7.61. The highest BCUT2D eigenvalue weighted by molar-refractivity contribution is 5.98. The van der Waals surface area contributed by atoms with Crippen molar-refractivity contribution in [2.75, 3.05) is 37.6 Å². The molecule has 8 heteroatoms. The van der Waals surface area contributed by atoms with Gasteiger partial charge < -0.3 is 15.5 Å². The van der Waals surface area contributed by atoms with Crippen molar-refractivity contribution >= 4 is 23.4 Å². The van der Waals surface area contributed by atoms with E-state index in [4.69, 9.17) is 5.73 Å². The molecule has 2 saturated heterocycles. The van der Waals surface area contributed by atoms with Crippen LogP contribution in [0.2, 0.25) is 0 Å². The number of para-hydroxylation sites is 1. The van der Waals surface area contributed by atoms with E-state index in [0.29, 0.717) is 31.7 Å². The molecule has 2 aliphatic heterocycles. The number of pyridine rings is 1. The van der Waals surface area contributed by atoms with E-state index in [0.717, 1.165) is 25.1 Å². The van der Waals surface area contributed by atoms with E-state index in [1.807, 2.05) is 35.2 Å². The Hall–Kier alpha value is -3.26. The molecule has 1 atom stereocenters. The molecular weight excluding hydrogens is 382 g/mol. The van der Waals surface area contributed by atoms with Crippen molar-refractivity contribution < 1.29 is 14.4 Å². The van der Waals surface area contributed by atoms with Crippen LogP contribution < -0.4 is 10.6 Å². The lowest BCUT2D eigenvalue weighted by molar-refractivity contribution is -0.126. The van der Waals surface area contributed by atoms with E-state index in [2.05, 4.69) is 9.88 Å². The first kappa shape index (κ1) is 20.0. The number of carbonyl (C=O) groups is 3. The van der Waals surface area contributed by atoms with Crippen LogP contribution in [0, 0.1) is 0 Å². The quantitative estimate of drug-likeness (QED) is 0.819. The van der Waals surface area contributed by atoms with Crippen LogP contribution in [0.25, 0.3) is 0 Å². The average molecular weight is 407 g/mol. The van der Waals surface area contributed by atoms with Gasteiger partial charge in [-0.05, 0) is 37.1 Å². The van der Waals surface area contributed by atoms with Gasteiger partial charge in [0.25, 0.3) is 11.8 Å². The van der Waals surface area contributed by atoms with Gasteiger partial charge in [-0.25, -0.2) is 0 Å². The predicted octanol–water partition coefficient (Wildman–Crippen LogP) is 1.13.